The zero-order valence-corrected chi connectivity index (χ0v) is 23.0. The molecule has 0 aliphatic carbocycles. The van der Waals surface area contributed by atoms with Crippen molar-refractivity contribution in [2.75, 3.05) is 33.5 Å². The first kappa shape index (κ1) is 28.3. The third-order valence-electron chi connectivity index (χ3n) is 6.87. The van der Waals surface area contributed by atoms with Gasteiger partial charge in [0.05, 0.1) is 26.9 Å². The zero-order chi connectivity index (χ0) is 27.6. The van der Waals surface area contributed by atoms with Crippen molar-refractivity contribution in [1.29, 1.82) is 0 Å². The van der Waals surface area contributed by atoms with Crippen molar-refractivity contribution in [1.82, 2.24) is 0 Å². The summed E-state index contributed by atoms with van der Waals surface area (Å²) in [6.07, 6.45) is 4.09. The predicted octanol–water partition coefficient (Wildman–Crippen LogP) is 6.84. The second-order valence-corrected chi connectivity index (χ2v) is 9.56. The van der Waals surface area contributed by atoms with Gasteiger partial charge in [0.25, 0.3) is 0 Å². The summed E-state index contributed by atoms with van der Waals surface area (Å²) in [7, 11) is 1.35. The highest BCUT2D eigenvalue weighted by Crippen LogP contribution is 2.37. The topological polar surface area (TPSA) is 83.5 Å². The molecule has 0 spiro atoms. The van der Waals surface area contributed by atoms with Crippen LogP contribution in [0.25, 0.3) is 0 Å². The van der Waals surface area contributed by atoms with Gasteiger partial charge in [0.2, 0.25) is 0 Å². The van der Waals surface area contributed by atoms with Gasteiger partial charge in [-0.25, -0.2) is 4.79 Å². The fourth-order valence-corrected chi connectivity index (χ4v) is 4.80. The first-order valence-electron chi connectivity index (χ1n) is 13.7. The molecular formula is C32H38O7. The second kappa shape index (κ2) is 13.9. The molecule has 4 rings (SSSR count). The summed E-state index contributed by atoms with van der Waals surface area (Å²) in [6, 6.07) is 16.5. The van der Waals surface area contributed by atoms with Crippen molar-refractivity contribution >= 4 is 5.97 Å². The maximum Gasteiger partial charge on any atom is 0.341 e. The van der Waals surface area contributed by atoms with Crippen molar-refractivity contribution in [2.24, 2.45) is 0 Å². The van der Waals surface area contributed by atoms with Gasteiger partial charge >= 0.3 is 5.97 Å². The second-order valence-electron chi connectivity index (χ2n) is 9.56. The number of benzene rings is 3. The Morgan fingerprint density at radius 3 is 2.44 bits per heavy atom. The smallest absolute Gasteiger partial charge is 0.341 e. The van der Waals surface area contributed by atoms with Gasteiger partial charge in [-0.2, -0.15) is 0 Å². The van der Waals surface area contributed by atoms with Crippen LogP contribution in [0.5, 0.6) is 28.7 Å². The third kappa shape index (κ3) is 7.03. The Balaban J connectivity index is 1.38. The quantitative estimate of drug-likeness (QED) is 0.190. The number of hydrogen-bond donors (Lipinski definition) is 1. The Morgan fingerprint density at radius 2 is 1.72 bits per heavy atom. The zero-order valence-electron chi connectivity index (χ0n) is 23.0. The number of methoxy groups -OCH3 is 1. The van der Waals surface area contributed by atoms with Crippen LogP contribution >= 0.6 is 0 Å². The first-order chi connectivity index (χ1) is 19.0. The predicted molar refractivity (Wildman–Crippen MR) is 150 cm³/mol. The number of carbonyl (C=O) groups excluding carboxylic acids is 1. The van der Waals surface area contributed by atoms with E-state index in [2.05, 4.69) is 19.9 Å². The fraction of sp³-hybridized carbons (Fsp3) is 0.406. The van der Waals surface area contributed by atoms with Gasteiger partial charge in [0.1, 0.15) is 34.3 Å². The van der Waals surface area contributed by atoms with Crippen LogP contribution in [0, 0.1) is 0 Å². The molecule has 0 bridgehead atoms. The summed E-state index contributed by atoms with van der Waals surface area (Å²) >= 11 is 0. The van der Waals surface area contributed by atoms with Gasteiger partial charge < -0.3 is 28.8 Å². The Morgan fingerprint density at radius 1 is 0.974 bits per heavy atom. The number of aryl methyl sites for hydroxylation is 1. The summed E-state index contributed by atoms with van der Waals surface area (Å²) in [5.74, 6) is 2.61. The molecule has 1 aliphatic rings. The maximum atomic E-state index is 12.2. The molecule has 0 aromatic heterocycles. The van der Waals surface area contributed by atoms with E-state index >= 15 is 0 Å². The molecule has 7 nitrogen and oxygen atoms in total. The van der Waals surface area contributed by atoms with Crippen LogP contribution in [0.4, 0.5) is 0 Å². The first-order valence-corrected chi connectivity index (χ1v) is 13.7. The maximum absolute atomic E-state index is 12.2. The molecule has 39 heavy (non-hydrogen) atoms. The molecule has 1 unspecified atom stereocenters. The average molecular weight is 535 g/mol. The van der Waals surface area contributed by atoms with Crippen molar-refractivity contribution in [3.63, 3.8) is 0 Å². The molecule has 0 amide bonds. The molecule has 0 saturated carbocycles. The van der Waals surface area contributed by atoms with Crippen LogP contribution < -0.4 is 14.2 Å². The highest BCUT2D eigenvalue weighted by molar-refractivity contribution is 5.92. The molecular weight excluding hydrogens is 496 g/mol. The number of ether oxygens (including phenoxy) is 5. The van der Waals surface area contributed by atoms with Crippen LogP contribution in [-0.4, -0.2) is 44.6 Å². The van der Waals surface area contributed by atoms with Crippen LogP contribution in [-0.2, 0) is 22.3 Å². The Labute approximate surface area is 230 Å². The number of phenols is 1. The van der Waals surface area contributed by atoms with Crippen molar-refractivity contribution in [2.45, 2.75) is 51.9 Å². The van der Waals surface area contributed by atoms with Crippen LogP contribution in [0.2, 0.25) is 0 Å². The van der Waals surface area contributed by atoms with Crippen LogP contribution in [0.15, 0.2) is 54.6 Å². The molecule has 1 atom stereocenters. The number of para-hydroxylation sites is 1. The monoisotopic (exact) mass is 534 g/mol. The van der Waals surface area contributed by atoms with Crippen LogP contribution in [0.3, 0.4) is 0 Å². The molecule has 1 fully saturated rings. The van der Waals surface area contributed by atoms with Crippen molar-refractivity contribution in [3.8, 4) is 28.7 Å². The molecule has 7 heteroatoms. The molecule has 1 heterocycles. The SMILES string of the molecule is CCCc1c(OCCCOc2cc(O)c(C3CCOC3)cc2CC)cccc1Oc1ccccc1C(=O)OC. The molecule has 208 valence electrons. The number of carbonyl (C=O) groups is 1. The lowest BCUT2D eigenvalue weighted by Crippen LogP contribution is -2.08. The van der Waals surface area contributed by atoms with E-state index in [0.717, 1.165) is 54.7 Å². The van der Waals surface area contributed by atoms with Crippen molar-refractivity contribution < 1.29 is 33.6 Å². The highest BCUT2D eigenvalue weighted by Gasteiger charge is 2.22. The largest absolute Gasteiger partial charge is 0.508 e. The van der Waals surface area contributed by atoms with E-state index < -0.39 is 5.97 Å². The van der Waals surface area contributed by atoms with Gasteiger partial charge in [-0.1, -0.05) is 38.5 Å². The summed E-state index contributed by atoms with van der Waals surface area (Å²) in [5, 5.41) is 10.6. The summed E-state index contributed by atoms with van der Waals surface area (Å²) in [4.78, 5) is 12.2. The molecule has 1 aliphatic heterocycles. The molecule has 0 radical (unpaired) electrons. The summed E-state index contributed by atoms with van der Waals surface area (Å²) in [5.41, 5.74) is 3.34. The number of aromatic hydroxyl groups is 1. The minimum Gasteiger partial charge on any atom is -0.508 e. The lowest BCUT2D eigenvalue weighted by atomic mass is 9.94. The Kier molecular flexibility index (Phi) is 10.1. The number of hydrogen-bond acceptors (Lipinski definition) is 7. The molecule has 3 aromatic rings. The van der Waals surface area contributed by atoms with E-state index in [9.17, 15) is 9.90 Å². The lowest BCUT2D eigenvalue weighted by molar-refractivity contribution is 0.0598. The fourth-order valence-electron chi connectivity index (χ4n) is 4.80. The molecule has 1 N–H and O–H groups in total. The average Bonchev–Trinajstić information content (AvgIpc) is 3.49. The molecule has 3 aromatic carbocycles. The van der Waals surface area contributed by atoms with Crippen molar-refractivity contribution in [3.05, 3.63) is 76.9 Å². The Hall–Kier alpha value is -3.71. The minimum atomic E-state index is -0.447. The van der Waals surface area contributed by atoms with Gasteiger partial charge in [0, 0.05) is 30.6 Å². The summed E-state index contributed by atoms with van der Waals surface area (Å²) < 4.78 is 28.8. The summed E-state index contributed by atoms with van der Waals surface area (Å²) in [6.45, 7) is 6.50. The van der Waals surface area contributed by atoms with Gasteiger partial charge in [-0.05, 0) is 60.7 Å². The molecule has 1 saturated heterocycles. The number of rotatable bonds is 13. The van der Waals surface area contributed by atoms with E-state index in [0.29, 0.717) is 49.1 Å². The van der Waals surface area contributed by atoms with Crippen LogP contribution in [0.1, 0.15) is 66.1 Å². The highest BCUT2D eigenvalue weighted by atomic mass is 16.5. The van der Waals surface area contributed by atoms with Gasteiger partial charge in [0.15, 0.2) is 0 Å². The Bertz CT molecular complexity index is 1250. The van der Waals surface area contributed by atoms with E-state index in [4.69, 9.17) is 23.7 Å². The number of esters is 1. The standard InChI is InChI=1S/C32H38O7/c1-4-10-24-28(13-8-14-29(24)39-30-12-7-6-11-25(30)32(34)35-3)37-16-9-17-38-31-20-27(33)26(19-22(31)5-2)23-15-18-36-21-23/h6-8,11-14,19-20,23,33H,4-5,9-10,15-18,21H2,1-3H3. The lowest BCUT2D eigenvalue weighted by Gasteiger charge is -2.18. The number of phenolic OH excluding ortho intramolecular Hbond substituents is 1. The van der Waals surface area contributed by atoms with E-state index in [1.807, 2.05) is 24.3 Å². The van der Waals surface area contributed by atoms with Gasteiger partial charge in [-0.15, -0.1) is 0 Å². The van der Waals surface area contributed by atoms with E-state index in [1.165, 1.54) is 7.11 Å². The third-order valence-corrected chi connectivity index (χ3v) is 6.87. The van der Waals surface area contributed by atoms with E-state index in [1.54, 1.807) is 24.3 Å². The van der Waals surface area contributed by atoms with E-state index in [-0.39, 0.29) is 11.7 Å². The normalized spacial score (nSPS) is 14.7. The minimum absolute atomic E-state index is 0.240. The van der Waals surface area contributed by atoms with Gasteiger partial charge in [-0.3, -0.25) is 0 Å².